The van der Waals surface area contributed by atoms with E-state index in [1.165, 1.54) is 38.8 Å². The van der Waals surface area contributed by atoms with Crippen LogP contribution in [0, 0.1) is 6.92 Å². The predicted molar refractivity (Wildman–Crippen MR) is 133 cm³/mol. The maximum absolute atomic E-state index is 12.8. The molecule has 0 aliphatic rings. The van der Waals surface area contributed by atoms with E-state index in [0.29, 0.717) is 17.9 Å². The van der Waals surface area contributed by atoms with Crippen LogP contribution in [0.1, 0.15) is 67.6 Å². The fraction of sp³-hybridized carbons (Fsp3) is 0.462. The second-order valence-corrected chi connectivity index (χ2v) is 8.20. The van der Waals surface area contributed by atoms with Crippen LogP contribution in [0.3, 0.4) is 0 Å². The van der Waals surface area contributed by atoms with Crippen LogP contribution < -0.4 is 4.74 Å². The molecule has 0 aliphatic heterocycles. The number of ether oxygens (including phenoxy) is 1. The minimum Gasteiger partial charge on any atom is -0.494 e. The fourth-order valence-electron chi connectivity index (χ4n) is 3.62. The minimum atomic E-state index is -0.0737. The zero-order valence-electron chi connectivity index (χ0n) is 19.5. The maximum Gasteiger partial charge on any atom is 0.212 e. The molecule has 0 fully saturated rings. The van der Waals surface area contributed by atoms with Crippen LogP contribution >= 0.6 is 12.4 Å². The monoisotopic (exact) mass is 457 g/mol. The van der Waals surface area contributed by atoms with Crippen LogP contribution in [-0.2, 0) is 0 Å². The van der Waals surface area contributed by atoms with Gasteiger partial charge in [-0.25, -0.2) is 4.98 Å². The molecule has 0 spiro atoms. The van der Waals surface area contributed by atoms with E-state index in [0.717, 1.165) is 29.9 Å². The molecule has 5 nitrogen and oxygen atoms in total. The molecule has 0 saturated heterocycles. The lowest BCUT2D eigenvalue weighted by Crippen LogP contribution is -2.28. The Morgan fingerprint density at radius 1 is 1.00 bits per heavy atom. The summed E-state index contributed by atoms with van der Waals surface area (Å²) in [5.74, 6) is 0.728. The molecule has 0 aliphatic carbocycles. The van der Waals surface area contributed by atoms with Gasteiger partial charge in [-0.1, -0.05) is 26.7 Å². The van der Waals surface area contributed by atoms with Crippen LogP contribution in [0.25, 0.3) is 5.65 Å². The van der Waals surface area contributed by atoms with Crippen molar-refractivity contribution in [3.05, 3.63) is 65.6 Å². The largest absolute Gasteiger partial charge is 0.494 e. The molecule has 0 bridgehead atoms. The molecule has 0 N–H and O–H groups in total. The molecule has 0 atom stereocenters. The molecule has 0 saturated carbocycles. The fourth-order valence-corrected chi connectivity index (χ4v) is 3.62. The molecule has 174 valence electrons. The Hall–Kier alpha value is -2.37. The van der Waals surface area contributed by atoms with Gasteiger partial charge in [0.2, 0.25) is 5.78 Å². The van der Waals surface area contributed by atoms with Crippen LogP contribution in [-0.4, -0.2) is 46.3 Å². The number of benzene rings is 1. The van der Waals surface area contributed by atoms with Gasteiger partial charge in [-0.05, 0) is 81.2 Å². The molecule has 2 aromatic heterocycles. The highest BCUT2D eigenvalue weighted by atomic mass is 35.5. The van der Waals surface area contributed by atoms with Crippen molar-refractivity contribution in [1.82, 2.24) is 14.3 Å². The minimum absolute atomic E-state index is 0. The van der Waals surface area contributed by atoms with Crippen LogP contribution in [0.4, 0.5) is 0 Å². The third kappa shape index (κ3) is 7.35. The summed E-state index contributed by atoms with van der Waals surface area (Å²) in [6.45, 7) is 10.6. The summed E-state index contributed by atoms with van der Waals surface area (Å²) < 4.78 is 7.79. The van der Waals surface area contributed by atoms with Crippen molar-refractivity contribution in [2.45, 2.75) is 52.9 Å². The lowest BCUT2D eigenvalue weighted by Gasteiger charge is -2.21. The van der Waals surface area contributed by atoms with Crippen molar-refractivity contribution in [3.63, 3.8) is 0 Å². The van der Waals surface area contributed by atoms with Gasteiger partial charge in [-0.15, -0.1) is 12.4 Å². The van der Waals surface area contributed by atoms with E-state index in [1.54, 1.807) is 6.20 Å². The predicted octanol–water partition coefficient (Wildman–Crippen LogP) is 5.97. The number of halogens is 1. The van der Waals surface area contributed by atoms with Gasteiger partial charge >= 0.3 is 0 Å². The van der Waals surface area contributed by atoms with Crippen molar-refractivity contribution in [3.8, 4) is 5.75 Å². The van der Waals surface area contributed by atoms with Crippen molar-refractivity contribution in [2.75, 3.05) is 26.2 Å². The highest BCUT2D eigenvalue weighted by Crippen LogP contribution is 2.17. The van der Waals surface area contributed by atoms with E-state index in [2.05, 4.69) is 23.7 Å². The number of hydrogen-bond acceptors (Lipinski definition) is 4. The van der Waals surface area contributed by atoms with Crippen molar-refractivity contribution in [1.29, 1.82) is 0 Å². The second-order valence-electron chi connectivity index (χ2n) is 8.20. The van der Waals surface area contributed by atoms with Crippen molar-refractivity contribution < 1.29 is 9.53 Å². The number of carbonyl (C=O) groups is 1. The normalized spacial score (nSPS) is 11.0. The summed E-state index contributed by atoms with van der Waals surface area (Å²) in [5.41, 5.74) is 2.99. The Bertz CT molecular complexity index is 961. The third-order valence-corrected chi connectivity index (χ3v) is 5.51. The lowest BCUT2D eigenvalue weighted by molar-refractivity contribution is 0.103. The first kappa shape index (κ1) is 25.9. The summed E-state index contributed by atoms with van der Waals surface area (Å²) >= 11 is 0. The summed E-state index contributed by atoms with van der Waals surface area (Å²) in [5, 5.41) is 0. The molecule has 0 radical (unpaired) electrons. The molecule has 2 heterocycles. The molecule has 0 unspecified atom stereocenters. The summed E-state index contributed by atoms with van der Waals surface area (Å²) in [4.78, 5) is 19.8. The molecule has 1 aromatic carbocycles. The Kier molecular flexibility index (Phi) is 10.7. The number of ketones is 1. The van der Waals surface area contributed by atoms with E-state index in [1.807, 2.05) is 53.9 Å². The second kappa shape index (κ2) is 13.2. The zero-order chi connectivity index (χ0) is 22.1. The number of aryl methyl sites for hydroxylation is 1. The van der Waals surface area contributed by atoms with Gasteiger partial charge in [0, 0.05) is 24.5 Å². The first-order valence-corrected chi connectivity index (χ1v) is 11.6. The van der Waals surface area contributed by atoms with Gasteiger partial charge in [0.05, 0.1) is 6.61 Å². The van der Waals surface area contributed by atoms with E-state index in [-0.39, 0.29) is 18.2 Å². The summed E-state index contributed by atoms with van der Waals surface area (Å²) in [7, 11) is 0. The number of nitrogens with zero attached hydrogens (tertiary/aromatic N) is 3. The van der Waals surface area contributed by atoms with Crippen molar-refractivity contribution >= 4 is 23.8 Å². The Morgan fingerprint density at radius 3 is 2.31 bits per heavy atom. The summed E-state index contributed by atoms with van der Waals surface area (Å²) in [6.07, 6.45) is 9.70. The van der Waals surface area contributed by atoms with E-state index in [4.69, 9.17) is 4.74 Å². The number of imidazole rings is 1. The highest BCUT2D eigenvalue weighted by molar-refractivity contribution is 6.08. The molecule has 3 rings (SSSR count). The number of hydrogen-bond donors (Lipinski definition) is 0. The maximum atomic E-state index is 12.8. The standard InChI is InChI=1S/C26H35N3O2.ClH/c1-4-6-14-28(15-7-5-2)16-8-18-31-23-11-9-22(10-12-23)26(30)24-20-29-17-13-21(3)19-25(29)27-24;/h9-13,17,19-20H,4-8,14-16,18H2,1-3H3;1H. The molecule has 3 aromatic rings. The summed E-state index contributed by atoms with van der Waals surface area (Å²) in [6, 6.07) is 11.4. The topological polar surface area (TPSA) is 46.8 Å². The van der Waals surface area contributed by atoms with Gasteiger partial charge in [0.15, 0.2) is 0 Å². The van der Waals surface area contributed by atoms with Gasteiger partial charge in [0.25, 0.3) is 0 Å². The first-order valence-electron chi connectivity index (χ1n) is 11.6. The first-order chi connectivity index (χ1) is 15.1. The van der Waals surface area contributed by atoms with Crippen LogP contribution in [0.2, 0.25) is 0 Å². The van der Waals surface area contributed by atoms with Crippen molar-refractivity contribution in [2.24, 2.45) is 0 Å². The van der Waals surface area contributed by atoms with Gasteiger partial charge in [-0.3, -0.25) is 4.79 Å². The van der Waals surface area contributed by atoms with Gasteiger partial charge in [0.1, 0.15) is 17.1 Å². The molecular formula is C26H36ClN3O2. The average Bonchev–Trinajstić information content (AvgIpc) is 3.21. The number of pyridine rings is 1. The van der Waals surface area contributed by atoms with E-state index >= 15 is 0 Å². The Labute approximate surface area is 198 Å². The van der Waals surface area contributed by atoms with E-state index < -0.39 is 0 Å². The lowest BCUT2D eigenvalue weighted by atomic mass is 10.1. The Morgan fingerprint density at radius 2 is 1.66 bits per heavy atom. The quantitative estimate of drug-likeness (QED) is 0.234. The van der Waals surface area contributed by atoms with Gasteiger partial charge < -0.3 is 14.0 Å². The SMILES string of the molecule is CCCCN(CCCC)CCCOc1ccc(C(=O)c2cn3ccc(C)cc3n2)cc1.Cl. The smallest absolute Gasteiger partial charge is 0.212 e. The third-order valence-electron chi connectivity index (χ3n) is 5.51. The molecule has 32 heavy (non-hydrogen) atoms. The van der Waals surface area contributed by atoms with Crippen LogP contribution in [0.5, 0.6) is 5.75 Å². The molecular weight excluding hydrogens is 422 g/mol. The molecule has 6 heteroatoms. The molecule has 0 amide bonds. The Balaban J connectivity index is 0.00000363. The average molecular weight is 458 g/mol. The van der Waals surface area contributed by atoms with Gasteiger partial charge in [-0.2, -0.15) is 0 Å². The number of carbonyl (C=O) groups excluding carboxylic acids is 1. The van der Waals surface area contributed by atoms with E-state index in [9.17, 15) is 4.79 Å². The van der Waals surface area contributed by atoms with Crippen LogP contribution in [0.15, 0.2) is 48.8 Å². The number of rotatable bonds is 13. The number of unbranched alkanes of at least 4 members (excludes halogenated alkanes) is 2. The number of aromatic nitrogens is 2. The zero-order valence-corrected chi connectivity index (χ0v) is 20.4. The number of fused-ring (bicyclic) bond motifs is 1. The highest BCUT2D eigenvalue weighted by Gasteiger charge is 2.13.